The monoisotopic (exact) mass is 308 g/mol. The van der Waals surface area contributed by atoms with E-state index >= 15 is 0 Å². The minimum absolute atomic E-state index is 0.0677. The van der Waals surface area contributed by atoms with E-state index in [2.05, 4.69) is 11.4 Å². The summed E-state index contributed by atoms with van der Waals surface area (Å²) in [6.07, 6.45) is 3.77. The van der Waals surface area contributed by atoms with Gasteiger partial charge in [-0.25, -0.2) is 0 Å². The van der Waals surface area contributed by atoms with E-state index in [1.807, 2.05) is 12.1 Å². The molecule has 1 aliphatic carbocycles. The Bertz CT molecular complexity index is 534. The number of benzene rings is 1. The summed E-state index contributed by atoms with van der Waals surface area (Å²) in [5, 5.41) is 11.5. The number of aryl methyl sites for hydroxylation is 2. The fourth-order valence-electron chi connectivity index (χ4n) is 2.35. The van der Waals surface area contributed by atoms with Gasteiger partial charge in [-0.05, 0) is 54.7 Å². The van der Waals surface area contributed by atoms with Crippen LogP contribution in [0, 0.1) is 0 Å². The SMILES string of the molecule is NC(CCSCC(=O)Nc1ccc2c(c1)CCC2)C(=O)O. The molecule has 0 fully saturated rings. The van der Waals surface area contributed by atoms with Crippen molar-refractivity contribution in [3.05, 3.63) is 29.3 Å². The lowest BCUT2D eigenvalue weighted by Gasteiger charge is -2.08. The lowest BCUT2D eigenvalue weighted by Crippen LogP contribution is -2.30. The van der Waals surface area contributed by atoms with Crippen molar-refractivity contribution in [3.63, 3.8) is 0 Å². The van der Waals surface area contributed by atoms with E-state index in [0.717, 1.165) is 18.5 Å². The fourth-order valence-corrected chi connectivity index (χ4v) is 3.17. The molecule has 114 valence electrons. The van der Waals surface area contributed by atoms with E-state index in [9.17, 15) is 9.59 Å². The molecule has 0 aliphatic heterocycles. The van der Waals surface area contributed by atoms with Gasteiger partial charge in [0.2, 0.25) is 5.91 Å². The Kier molecular flexibility index (Phi) is 5.64. The third kappa shape index (κ3) is 4.75. The van der Waals surface area contributed by atoms with Crippen LogP contribution in [0.3, 0.4) is 0 Å². The normalized spacial score (nSPS) is 14.5. The van der Waals surface area contributed by atoms with Gasteiger partial charge in [0.1, 0.15) is 6.04 Å². The van der Waals surface area contributed by atoms with Crippen LogP contribution < -0.4 is 11.1 Å². The summed E-state index contributed by atoms with van der Waals surface area (Å²) in [5.41, 5.74) is 8.94. The number of hydrogen-bond acceptors (Lipinski definition) is 4. The molecule has 1 aromatic rings. The van der Waals surface area contributed by atoms with Gasteiger partial charge in [0, 0.05) is 5.69 Å². The van der Waals surface area contributed by atoms with Crippen LogP contribution >= 0.6 is 11.8 Å². The maximum Gasteiger partial charge on any atom is 0.320 e. The van der Waals surface area contributed by atoms with Crippen molar-refractivity contribution >= 4 is 29.3 Å². The van der Waals surface area contributed by atoms with Crippen molar-refractivity contribution in [2.24, 2.45) is 5.73 Å². The van der Waals surface area contributed by atoms with E-state index in [1.165, 1.54) is 29.3 Å². The van der Waals surface area contributed by atoms with Crippen molar-refractivity contribution in [1.82, 2.24) is 0 Å². The first-order valence-electron chi connectivity index (χ1n) is 7.04. The quantitative estimate of drug-likeness (QED) is 0.666. The van der Waals surface area contributed by atoms with Crippen molar-refractivity contribution in [2.45, 2.75) is 31.7 Å². The maximum atomic E-state index is 11.8. The van der Waals surface area contributed by atoms with Crippen molar-refractivity contribution in [2.75, 3.05) is 16.8 Å². The number of carbonyl (C=O) groups excluding carboxylic acids is 1. The van der Waals surface area contributed by atoms with Crippen molar-refractivity contribution in [3.8, 4) is 0 Å². The summed E-state index contributed by atoms with van der Waals surface area (Å²) in [4.78, 5) is 22.4. The van der Waals surface area contributed by atoms with Crippen molar-refractivity contribution < 1.29 is 14.7 Å². The first kappa shape index (κ1) is 15.9. The second-order valence-corrected chi connectivity index (χ2v) is 6.28. The van der Waals surface area contributed by atoms with Crippen LogP contribution in [0.1, 0.15) is 24.0 Å². The van der Waals surface area contributed by atoms with Crippen LogP contribution in [0.4, 0.5) is 5.69 Å². The second-order valence-electron chi connectivity index (χ2n) is 5.17. The number of amides is 1. The smallest absolute Gasteiger partial charge is 0.320 e. The average Bonchev–Trinajstić information content (AvgIpc) is 2.90. The molecule has 1 aromatic carbocycles. The van der Waals surface area contributed by atoms with E-state index in [4.69, 9.17) is 10.8 Å². The molecule has 1 aliphatic rings. The highest BCUT2D eigenvalue weighted by molar-refractivity contribution is 7.99. The highest BCUT2D eigenvalue weighted by Gasteiger charge is 2.13. The highest BCUT2D eigenvalue weighted by atomic mass is 32.2. The Morgan fingerprint density at radius 3 is 2.86 bits per heavy atom. The molecule has 0 heterocycles. The largest absolute Gasteiger partial charge is 0.480 e. The lowest BCUT2D eigenvalue weighted by molar-refractivity contribution is -0.138. The number of nitrogens with two attached hydrogens (primary N) is 1. The van der Waals surface area contributed by atoms with E-state index in [1.54, 1.807) is 0 Å². The van der Waals surface area contributed by atoms with Crippen LogP contribution in [0.5, 0.6) is 0 Å². The molecule has 21 heavy (non-hydrogen) atoms. The highest BCUT2D eigenvalue weighted by Crippen LogP contribution is 2.24. The number of fused-ring (bicyclic) bond motifs is 1. The Morgan fingerprint density at radius 2 is 2.10 bits per heavy atom. The third-order valence-electron chi connectivity index (χ3n) is 3.51. The topological polar surface area (TPSA) is 92.4 Å². The summed E-state index contributed by atoms with van der Waals surface area (Å²) in [5.74, 6) is -0.200. The van der Waals surface area contributed by atoms with Crippen LogP contribution in [0.15, 0.2) is 18.2 Å². The number of carboxylic acids is 1. The summed E-state index contributed by atoms with van der Waals surface area (Å²) in [6, 6.07) is 5.22. The molecule has 2 rings (SSSR count). The van der Waals surface area contributed by atoms with Crippen LogP contribution in [0.25, 0.3) is 0 Å². The molecule has 0 radical (unpaired) electrons. The van der Waals surface area contributed by atoms with Gasteiger partial charge >= 0.3 is 5.97 Å². The number of anilines is 1. The summed E-state index contributed by atoms with van der Waals surface area (Å²) >= 11 is 1.40. The van der Waals surface area contributed by atoms with Crippen LogP contribution in [-0.4, -0.2) is 34.5 Å². The average molecular weight is 308 g/mol. The molecule has 0 saturated carbocycles. The predicted octanol–water partition coefficient (Wildman–Crippen LogP) is 1.65. The standard InChI is InChI=1S/C15H20N2O3S/c16-13(15(19)20)6-7-21-9-14(18)17-12-5-4-10-2-1-3-11(10)8-12/h4-5,8,13H,1-3,6-7,9,16H2,(H,17,18)(H,19,20). The molecule has 4 N–H and O–H groups in total. The number of thioether (sulfide) groups is 1. The fraction of sp³-hybridized carbons (Fsp3) is 0.467. The molecule has 5 nitrogen and oxygen atoms in total. The zero-order chi connectivity index (χ0) is 15.2. The first-order chi connectivity index (χ1) is 10.1. The molecular weight excluding hydrogens is 288 g/mol. The number of aliphatic carboxylic acids is 1. The molecule has 0 bridgehead atoms. The minimum atomic E-state index is -1.00. The van der Waals surface area contributed by atoms with Gasteiger partial charge in [0.15, 0.2) is 0 Å². The van der Waals surface area contributed by atoms with Gasteiger partial charge < -0.3 is 16.2 Å². The molecule has 1 atom stereocenters. The summed E-state index contributed by atoms with van der Waals surface area (Å²) in [7, 11) is 0. The van der Waals surface area contributed by atoms with E-state index in [-0.39, 0.29) is 5.91 Å². The van der Waals surface area contributed by atoms with E-state index in [0.29, 0.717) is 17.9 Å². The second kappa shape index (κ2) is 7.47. The Labute approximate surface area is 128 Å². The molecule has 1 unspecified atom stereocenters. The van der Waals surface area contributed by atoms with Crippen LogP contribution in [0.2, 0.25) is 0 Å². The summed E-state index contributed by atoms with van der Waals surface area (Å²) in [6.45, 7) is 0. The van der Waals surface area contributed by atoms with Gasteiger partial charge in [0.25, 0.3) is 0 Å². The van der Waals surface area contributed by atoms with Crippen LogP contribution in [-0.2, 0) is 22.4 Å². The van der Waals surface area contributed by atoms with Gasteiger partial charge in [0.05, 0.1) is 5.75 Å². The Morgan fingerprint density at radius 1 is 1.33 bits per heavy atom. The van der Waals surface area contributed by atoms with Gasteiger partial charge in [-0.15, -0.1) is 0 Å². The first-order valence-corrected chi connectivity index (χ1v) is 8.19. The molecule has 0 saturated heterocycles. The number of nitrogens with one attached hydrogen (secondary N) is 1. The molecular formula is C15H20N2O3S. The Hall–Kier alpha value is -1.53. The lowest BCUT2D eigenvalue weighted by atomic mass is 10.1. The van der Waals surface area contributed by atoms with Crippen molar-refractivity contribution in [1.29, 1.82) is 0 Å². The van der Waals surface area contributed by atoms with Gasteiger partial charge in [-0.1, -0.05) is 6.07 Å². The minimum Gasteiger partial charge on any atom is -0.480 e. The zero-order valence-electron chi connectivity index (χ0n) is 11.8. The number of carboxylic acid groups (broad SMARTS) is 1. The number of carbonyl (C=O) groups is 2. The molecule has 1 amide bonds. The molecule has 0 spiro atoms. The predicted molar refractivity (Wildman–Crippen MR) is 84.6 cm³/mol. The third-order valence-corrected chi connectivity index (χ3v) is 4.50. The molecule has 6 heteroatoms. The zero-order valence-corrected chi connectivity index (χ0v) is 12.6. The maximum absolute atomic E-state index is 11.8. The summed E-state index contributed by atoms with van der Waals surface area (Å²) < 4.78 is 0. The van der Waals surface area contributed by atoms with Gasteiger partial charge in [-0.2, -0.15) is 11.8 Å². The number of rotatable bonds is 7. The number of hydrogen-bond donors (Lipinski definition) is 3. The van der Waals surface area contributed by atoms with Gasteiger partial charge in [-0.3, -0.25) is 9.59 Å². The Balaban J connectivity index is 1.71. The molecule has 0 aromatic heterocycles. The van der Waals surface area contributed by atoms with E-state index < -0.39 is 12.0 Å².